The third-order valence-corrected chi connectivity index (χ3v) is 2.35. The van der Waals surface area contributed by atoms with Crippen LogP contribution in [0.15, 0.2) is 24.3 Å². The van der Waals surface area contributed by atoms with Crippen molar-refractivity contribution >= 4 is 11.5 Å². The van der Waals surface area contributed by atoms with Gasteiger partial charge in [0, 0.05) is 24.2 Å². The van der Waals surface area contributed by atoms with E-state index in [4.69, 9.17) is 0 Å². The van der Waals surface area contributed by atoms with Gasteiger partial charge in [-0.25, -0.2) is 0 Å². The van der Waals surface area contributed by atoms with E-state index < -0.39 is 0 Å². The molecule has 0 amide bonds. The summed E-state index contributed by atoms with van der Waals surface area (Å²) in [5.41, 5.74) is 2.13. The molecule has 0 saturated carbocycles. The van der Waals surface area contributed by atoms with Crippen LogP contribution in [0.4, 0.5) is 5.69 Å². The van der Waals surface area contributed by atoms with E-state index in [0.717, 1.165) is 17.8 Å². The minimum atomic E-state index is 0.197. The molecule has 0 saturated heterocycles. The van der Waals surface area contributed by atoms with Crippen LogP contribution >= 0.6 is 0 Å². The number of carbonyl (C=O) groups is 1. The molecule has 1 N–H and O–H groups in total. The van der Waals surface area contributed by atoms with Gasteiger partial charge in [0.2, 0.25) is 0 Å². The molecule has 2 nitrogen and oxygen atoms in total. The summed E-state index contributed by atoms with van der Waals surface area (Å²) in [6.45, 7) is 9.38. The Labute approximate surface area is 98.1 Å². The van der Waals surface area contributed by atoms with Gasteiger partial charge in [0.05, 0.1) is 0 Å². The molecule has 0 radical (unpaired) electrons. The minimum Gasteiger partial charge on any atom is -0.385 e. The number of Topliss-reactive ketones (excluding diaryl/α,β-unsaturated/α-hetero) is 1. The first kappa shape index (κ1) is 12.8. The van der Waals surface area contributed by atoms with Crippen LogP contribution in [0.3, 0.4) is 0 Å². The van der Waals surface area contributed by atoms with Crippen LogP contribution in [0.25, 0.3) is 0 Å². The number of hydrogen-bond donors (Lipinski definition) is 1. The van der Waals surface area contributed by atoms with Crippen molar-refractivity contribution < 1.29 is 4.79 Å². The Hall–Kier alpha value is -1.31. The van der Waals surface area contributed by atoms with Crippen LogP contribution in [0.2, 0.25) is 0 Å². The quantitative estimate of drug-likeness (QED) is 0.782. The maximum absolute atomic E-state index is 11.4. The van der Waals surface area contributed by atoms with Gasteiger partial charge >= 0.3 is 0 Å². The second-order valence-corrected chi connectivity index (χ2v) is 5.27. The zero-order chi connectivity index (χ0) is 12.2. The molecule has 0 aliphatic carbocycles. The monoisotopic (exact) mass is 219 g/mol. The molecule has 0 atom stereocenters. The summed E-state index contributed by atoms with van der Waals surface area (Å²) in [6.07, 6.45) is 0.564. The normalized spacial score (nSPS) is 11.2. The molecule has 0 aromatic heterocycles. The van der Waals surface area contributed by atoms with Crippen LogP contribution < -0.4 is 5.32 Å². The van der Waals surface area contributed by atoms with Gasteiger partial charge in [0.25, 0.3) is 0 Å². The molecule has 0 fully saturated rings. The summed E-state index contributed by atoms with van der Waals surface area (Å²) in [6, 6.07) is 7.71. The number of anilines is 1. The van der Waals surface area contributed by atoms with Crippen LogP contribution in [0.5, 0.6) is 0 Å². The van der Waals surface area contributed by atoms with Crippen molar-refractivity contribution in [2.24, 2.45) is 5.41 Å². The lowest BCUT2D eigenvalue weighted by Gasteiger charge is -2.19. The Balaban J connectivity index is 2.62. The maximum atomic E-state index is 11.4. The zero-order valence-electron chi connectivity index (χ0n) is 10.6. The van der Waals surface area contributed by atoms with Crippen molar-refractivity contribution in [1.29, 1.82) is 0 Å². The van der Waals surface area contributed by atoms with Gasteiger partial charge in [-0.15, -0.1) is 0 Å². The summed E-state index contributed by atoms with van der Waals surface area (Å²) < 4.78 is 0. The Morgan fingerprint density at radius 3 is 2.19 bits per heavy atom. The first-order valence-corrected chi connectivity index (χ1v) is 5.79. The number of hydrogen-bond acceptors (Lipinski definition) is 2. The van der Waals surface area contributed by atoms with Gasteiger partial charge in [0.1, 0.15) is 0 Å². The van der Waals surface area contributed by atoms with Gasteiger partial charge in [-0.2, -0.15) is 0 Å². The van der Waals surface area contributed by atoms with E-state index in [0.29, 0.717) is 6.42 Å². The SMILES string of the molecule is CCC(=O)c1ccc(NCC(C)(C)C)cc1. The van der Waals surface area contributed by atoms with Crippen LogP contribution in [-0.4, -0.2) is 12.3 Å². The first-order valence-electron chi connectivity index (χ1n) is 5.79. The number of benzene rings is 1. The van der Waals surface area contributed by atoms with Crippen molar-refractivity contribution in [3.05, 3.63) is 29.8 Å². The van der Waals surface area contributed by atoms with Crippen molar-refractivity contribution in [2.45, 2.75) is 34.1 Å². The summed E-state index contributed by atoms with van der Waals surface area (Å²) in [5, 5.41) is 3.36. The molecule has 88 valence electrons. The third-order valence-electron chi connectivity index (χ3n) is 2.35. The molecule has 2 heteroatoms. The molecule has 0 heterocycles. The molecule has 1 aromatic carbocycles. The standard InChI is InChI=1S/C14H21NO/c1-5-13(16)11-6-8-12(9-7-11)15-10-14(2,3)4/h6-9,15H,5,10H2,1-4H3. The molecule has 0 bridgehead atoms. The Bertz CT molecular complexity index is 346. The van der Waals surface area contributed by atoms with Crippen molar-refractivity contribution in [3.8, 4) is 0 Å². The molecule has 0 aliphatic rings. The topological polar surface area (TPSA) is 29.1 Å². The van der Waals surface area contributed by atoms with E-state index in [1.165, 1.54) is 0 Å². The minimum absolute atomic E-state index is 0.197. The van der Waals surface area contributed by atoms with Crippen molar-refractivity contribution in [3.63, 3.8) is 0 Å². The van der Waals surface area contributed by atoms with Crippen LogP contribution in [-0.2, 0) is 0 Å². The maximum Gasteiger partial charge on any atom is 0.162 e. The molecular formula is C14H21NO. The van der Waals surface area contributed by atoms with Crippen LogP contribution in [0, 0.1) is 5.41 Å². The summed E-state index contributed by atoms with van der Waals surface area (Å²) in [7, 11) is 0. The third kappa shape index (κ3) is 4.05. The Kier molecular flexibility index (Phi) is 4.11. The van der Waals surface area contributed by atoms with Gasteiger partial charge in [-0.3, -0.25) is 4.79 Å². The highest BCUT2D eigenvalue weighted by atomic mass is 16.1. The summed E-state index contributed by atoms with van der Waals surface area (Å²) in [5.74, 6) is 0.197. The highest BCUT2D eigenvalue weighted by Gasteiger charge is 2.09. The lowest BCUT2D eigenvalue weighted by atomic mass is 9.97. The second-order valence-electron chi connectivity index (χ2n) is 5.27. The summed E-state index contributed by atoms with van der Waals surface area (Å²) >= 11 is 0. The molecule has 1 rings (SSSR count). The highest BCUT2D eigenvalue weighted by Crippen LogP contribution is 2.16. The fourth-order valence-electron chi connectivity index (χ4n) is 1.35. The number of ketones is 1. The predicted octanol–water partition coefficient (Wildman–Crippen LogP) is 3.74. The van der Waals surface area contributed by atoms with E-state index in [1.807, 2.05) is 31.2 Å². The fraction of sp³-hybridized carbons (Fsp3) is 0.500. The lowest BCUT2D eigenvalue weighted by Crippen LogP contribution is -2.18. The number of rotatable bonds is 4. The molecule has 16 heavy (non-hydrogen) atoms. The van der Waals surface area contributed by atoms with Gasteiger partial charge in [0.15, 0.2) is 5.78 Å². The van der Waals surface area contributed by atoms with Crippen molar-refractivity contribution in [1.82, 2.24) is 0 Å². The number of nitrogens with one attached hydrogen (secondary N) is 1. The van der Waals surface area contributed by atoms with Gasteiger partial charge < -0.3 is 5.32 Å². The average molecular weight is 219 g/mol. The van der Waals surface area contributed by atoms with Gasteiger partial charge in [-0.1, -0.05) is 27.7 Å². The van der Waals surface area contributed by atoms with Gasteiger partial charge in [-0.05, 0) is 29.7 Å². The lowest BCUT2D eigenvalue weighted by molar-refractivity contribution is 0.0988. The number of carbonyl (C=O) groups excluding carboxylic acids is 1. The van der Waals surface area contributed by atoms with E-state index in [2.05, 4.69) is 26.1 Å². The fourth-order valence-corrected chi connectivity index (χ4v) is 1.35. The average Bonchev–Trinajstić information content (AvgIpc) is 2.25. The van der Waals surface area contributed by atoms with E-state index in [9.17, 15) is 4.79 Å². The first-order chi connectivity index (χ1) is 7.42. The second kappa shape index (κ2) is 5.15. The molecular weight excluding hydrogens is 198 g/mol. The predicted molar refractivity (Wildman–Crippen MR) is 69.0 cm³/mol. The Morgan fingerprint density at radius 1 is 1.19 bits per heavy atom. The smallest absolute Gasteiger partial charge is 0.162 e. The largest absolute Gasteiger partial charge is 0.385 e. The summed E-state index contributed by atoms with van der Waals surface area (Å²) in [4.78, 5) is 11.4. The van der Waals surface area contributed by atoms with Crippen molar-refractivity contribution in [2.75, 3.05) is 11.9 Å². The zero-order valence-corrected chi connectivity index (χ0v) is 10.6. The Morgan fingerprint density at radius 2 is 1.75 bits per heavy atom. The highest BCUT2D eigenvalue weighted by molar-refractivity contribution is 5.96. The van der Waals surface area contributed by atoms with Crippen LogP contribution in [0.1, 0.15) is 44.5 Å². The van der Waals surface area contributed by atoms with E-state index in [1.54, 1.807) is 0 Å². The molecule has 1 aromatic rings. The van der Waals surface area contributed by atoms with E-state index in [-0.39, 0.29) is 11.2 Å². The molecule has 0 spiro atoms. The molecule has 0 aliphatic heterocycles. The van der Waals surface area contributed by atoms with E-state index >= 15 is 0 Å². The molecule has 0 unspecified atom stereocenters.